The van der Waals surface area contributed by atoms with E-state index in [2.05, 4.69) is 4.98 Å². The van der Waals surface area contributed by atoms with Crippen molar-refractivity contribution in [1.82, 2.24) is 9.88 Å². The average Bonchev–Trinajstić information content (AvgIpc) is 2.81. The van der Waals surface area contributed by atoms with Crippen molar-refractivity contribution in [2.24, 2.45) is 0 Å². The first kappa shape index (κ1) is 13.2. The lowest BCUT2D eigenvalue weighted by atomic mass is 9.94. The number of hydrogen-bond donors (Lipinski definition) is 1. The molecular weight excluding hydrogens is 280 g/mol. The molecule has 1 N–H and O–H groups in total. The molecule has 0 radical (unpaired) electrons. The zero-order chi connectivity index (χ0) is 14.3. The van der Waals surface area contributed by atoms with Crippen LogP contribution >= 0.6 is 11.6 Å². The van der Waals surface area contributed by atoms with Gasteiger partial charge in [0.1, 0.15) is 5.52 Å². The Morgan fingerprint density at radius 1 is 1.50 bits per heavy atom. The van der Waals surface area contributed by atoms with Crippen LogP contribution in [-0.4, -0.2) is 33.7 Å². The number of oxazole rings is 1. The van der Waals surface area contributed by atoms with Crippen LogP contribution in [0.1, 0.15) is 31.6 Å². The fourth-order valence-corrected chi connectivity index (χ4v) is 2.83. The molecule has 3 rings (SSSR count). The summed E-state index contributed by atoms with van der Waals surface area (Å²) in [5, 5.41) is 9.81. The van der Waals surface area contributed by atoms with Gasteiger partial charge in [-0.3, -0.25) is 0 Å². The number of piperidine rings is 1. The van der Waals surface area contributed by atoms with Crippen LogP contribution in [0.15, 0.2) is 22.6 Å². The standard InChI is InChI=1S/C14H15ClN2O3/c1-8-2-3-9(7-17(8)14(18)19)13-16-11-5-4-10(15)6-12(11)20-13/h4-6,8-9H,2-3,7H2,1H3,(H,18,19)/t8-,9-/m1/s1. The quantitative estimate of drug-likeness (QED) is 0.870. The third-order valence-corrected chi connectivity index (χ3v) is 4.08. The topological polar surface area (TPSA) is 66.6 Å². The molecule has 1 aromatic carbocycles. The van der Waals surface area contributed by atoms with E-state index in [4.69, 9.17) is 16.0 Å². The Balaban J connectivity index is 1.89. The zero-order valence-electron chi connectivity index (χ0n) is 11.0. The van der Waals surface area contributed by atoms with E-state index in [-0.39, 0.29) is 12.0 Å². The van der Waals surface area contributed by atoms with Crippen molar-refractivity contribution in [3.8, 4) is 0 Å². The van der Waals surface area contributed by atoms with Gasteiger partial charge in [-0.05, 0) is 31.9 Å². The van der Waals surface area contributed by atoms with Crippen molar-refractivity contribution in [3.05, 3.63) is 29.1 Å². The lowest BCUT2D eigenvalue weighted by Crippen LogP contribution is -2.44. The highest BCUT2D eigenvalue weighted by Gasteiger charge is 2.32. The van der Waals surface area contributed by atoms with Crippen LogP contribution in [0.25, 0.3) is 11.1 Å². The van der Waals surface area contributed by atoms with E-state index in [1.165, 1.54) is 4.90 Å². The normalized spacial score (nSPS) is 23.2. The van der Waals surface area contributed by atoms with Gasteiger partial charge >= 0.3 is 6.09 Å². The van der Waals surface area contributed by atoms with Gasteiger partial charge in [-0.25, -0.2) is 9.78 Å². The van der Waals surface area contributed by atoms with Crippen molar-refractivity contribution in [2.45, 2.75) is 31.7 Å². The molecule has 0 unspecified atom stereocenters. The van der Waals surface area contributed by atoms with Gasteiger partial charge in [-0.15, -0.1) is 0 Å². The van der Waals surface area contributed by atoms with Crippen LogP contribution in [0, 0.1) is 0 Å². The molecule has 6 heteroatoms. The summed E-state index contributed by atoms with van der Waals surface area (Å²) in [6.45, 7) is 2.35. The van der Waals surface area contributed by atoms with Crippen LogP contribution in [0.4, 0.5) is 4.79 Å². The second kappa shape index (κ2) is 4.98. The maximum absolute atomic E-state index is 11.2. The predicted molar refractivity (Wildman–Crippen MR) is 75.2 cm³/mol. The van der Waals surface area contributed by atoms with Gasteiger partial charge < -0.3 is 14.4 Å². The zero-order valence-corrected chi connectivity index (χ0v) is 11.8. The molecule has 1 aliphatic heterocycles. The molecule has 2 heterocycles. The average molecular weight is 295 g/mol. The van der Waals surface area contributed by atoms with E-state index >= 15 is 0 Å². The maximum Gasteiger partial charge on any atom is 0.407 e. The number of nitrogens with zero attached hydrogens (tertiary/aromatic N) is 2. The number of halogens is 1. The van der Waals surface area contributed by atoms with E-state index in [0.29, 0.717) is 23.0 Å². The smallest absolute Gasteiger partial charge is 0.407 e. The lowest BCUT2D eigenvalue weighted by Gasteiger charge is -2.34. The molecule has 0 spiro atoms. The number of fused-ring (bicyclic) bond motifs is 1. The Morgan fingerprint density at radius 3 is 3.05 bits per heavy atom. The van der Waals surface area contributed by atoms with Crippen molar-refractivity contribution in [2.75, 3.05) is 6.54 Å². The van der Waals surface area contributed by atoms with Crippen molar-refractivity contribution in [1.29, 1.82) is 0 Å². The summed E-state index contributed by atoms with van der Waals surface area (Å²) in [4.78, 5) is 17.1. The predicted octanol–water partition coefficient (Wildman–Crippen LogP) is 3.73. The molecule has 20 heavy (non-hydrogen) atoms. The monoisotopic (exact) mass is 294 g/mol. The first-order chi connectivity index (χ1) is 9.54. The summed E-state index contributed by atoms with van der Waals surface area (Å²) in [6.07, 6.45) is 0.809. The fourth-order valence-electron chi connectivity index (χ4n) is 2.67. The SMILES string of the molecule is C[C@@H]1CC[C@@H](c2nc3ccc(Cl)cc3o2)CN1C(=O)O. The molecule has 2 atom stereocenters. The maximum atomic E-state index is 11.2. The molecule has 1 aliphatic rings. The first-order valence-electron chi connectivity index (χ1n) is 6.60. The minimum atomic E-state index is -0.888. The van der Waals surface area contributed by atoms with Gasteiger partial charge in [0.2, 0.25) is 0 Å². The van der Waals surface area contributed by atoms with Gasteiger partial charge in [0.05, 0.1) is 5.92 Å². The number of carbonyl (C=O) groups is 1. The van der Waals surface area contributed by atoms with Crippen molar-refractivity contribution >= 4 is 28.8 Å². The second-order valence-electron chi connectivity index (χ2n) is 5.22. The highest BCUT2D eigenvalue weighted by Crippen LogP contribution is 2.32. The van der Waals surface area contributed by atoms with Crippen molar-refractivity contribution in [3.63, 3.8) is 0 Å². The van der Waals surface area contributed by atoms with Crippen molar-refractivity contribution < 1.29 is 14.3 Å². The Kier molecular flexibility index (Phi) is 3.30. The summed E-state index contributed by atoms with van der Waals surface area (Å²) in [7, 11) is 0. The van der Waals surface area contributed by atoms with Gasteiger partial charge in [0, 0.05) is 23.7 Å². The molecule has 0 saturated carbocycles. The van der Waals surface area contributed by atoms with E-state index in [1.54, 1.807) is 12.1 Å². The number of aromatic nitrogens is 1. The van der Waals surface area contributed by atoms with E-state index in [1.807, 2.05) is 13.0 Å². The molecule has 0 bridgehead atoms. The summed E-state index contributed by atoms with van der Waals surface area (Å²) in [6, 6.07) is 5.35. The first-order valence-corrected chi connectivity index (χ1v) is 6.98. The molecule has 5 nitrogen and oxygen atoms in total. The molecule has 2 aromatic rings. The highest BCUT2D eigenvalue weighted by atomic mass is 35.5. The molecule has 1 amide bonds. The number of hydrogen-bond acceptors (Lipinski definition) is 3. The Morgan fingerprint density at radius 2 is 2.30 bits per heavy atom. The Labute approximate surface area is 121 Å². The molecule has 106 valence electrons. The minimum Gasteiger partial charge on any atom is -0.465 e. The molecule has 0 aliphatic carbocycles. The second-order valence-corrected chi connectivity index (χ2v) is 5.66. The largest absolute Gasteiger partial charge is 0.465 e. The third kappa shape index (κ3) is 2.33. The van der Waals surface area contributed by atoms with Gasteiger partial charge in [0.25, 0.3) is 0 Å². The number of carboxylic acid groups (broad SMARTS) is 1. The summed E-state index contributed by atoms with van der Waals surface area (Å²) in [5.74, 6) is 0.605. The Bertz CT molecular complexity index is 655. The third-order valence-electron chi connectivity index (χ3n) is 3.84. The highest BCUT2D eigenvalue weighted by molar-refractivity contribution is 6.31. The molecular formula is C14H15ClN2O3. The van der Waals surface area contributed by atoms with E-state index in [9.17, 15) is 9.90 Å². The summed E-state index contributed by atoms with van der Waals surface area (Å²) in [5.41, 5.74) is 1.40. The van der Waals surface area contributed by atoms with Crippen LogP contribution < -0.4 is 0 Å². The van der Waals surface area contributed by atoms with Crippen LogP contribution in [0.5, 0.6) is 0 Å². The van der Waals surface area contributed by atoms with Crippen LogP contribution in [0.2, 0.25) is 5.02 Å². The number of likely N-dealkylation sites (tertiary alicyclic amines) is 1. The summed E-state index contributed by atoms with van der Waals surface area (Å²) < 4.78 is 5.74. The fraction of sp³-hybridized carbons (Fsp3) is 0.429. The van der Waals surface area contributed by atoms with Crippen LogP contribution in [-0.2, 0) is 0 Å². The molecule has 1 aromatic heterocycles. The molecule has 1 saturated heterocycles. The number of benzene rings is 1. The van der Waals surface area contributed by atoms with Crippen LogP contribution in [0.3, 0.4) is 0 Å². The number of rotatable bonds is 1. The van der Waals surface area contributed by atoms with Gasteiger partial charge in [-0.2, -0.15) is 0 Å². The van der Waals surface area contributed by atoms with Gasteiger partial charge in [0.15, 0.2) is 11.5 Å². The Hall–Kier alpha value is -1.75. The lowest BCUT2D eigenvalue weighted by molar-refractivity contribution is 0.102. The van der Waals surface area contributed by atoms with Gasteiger partial charge in [-0.1, -0.05) is 11.6 Å². The van der Waals surface area contributed by atoms with E-state index < -0.39 is 6.09 Å². The van der Waals surface area contributed by atoms with E-state index in [0.717, 1.165) is 18.4 Å². The minimum absolute atomic E-state index is 0.00785. The summed E-state index contributed by atoms with van der Waals surface area (Å²) >= 11 is 5.92. The molecule has 1 fully saturated rings. The number of amides is 1.